The van der Waals surface area contributed by atoms with E-state index in [0.29, 0.717) is 5.92 Å². The number of benzene rings is 1. The van der Waals surface area contributed by atoms with Crippen LogP contribution in [0.1, 0.15) is 42.3 Å². The van der Waals surface area contributed by atoms with Crippen molar-refractivity contribution in [2.24, 2.45) is 0 Å². The molecule has 0 aliphatic rings. The fourth-order valence-corrected chi connectivity index (χ4v) is 2.72. The highest BCUT2D eigenvalue weighted by atomic mass is 79.9. The zero-order valence-corrected chi connectivity index (χ0v) is 14.9. The summed E-state index contributed by atoms with van der Waals surface area (Å²) < 4.78 is 3.16. The van der Waals surface area contributed by atoms with Crippen LogP contribution in [0.4, 0.5) is 0 Å². The van der Waals surface area contributed by atoms with Crippen molar-refractivity contribution in [3.63, 3.8) is 0 Å². The van der Waals surface area contributed by atoms with Crippen LogP contribution in [0.2, 0.25) is 0 Å². The lowest BCUT2D eigenvalue weighted by molar-refractivity contribution is 0.633. The van der Waals surface area contributed by atoms with Crippen molar-refractivity contribution in [3.8, 4) is 0 Å². The van der Waals surface area contributed by atoms with Gasteiger partial charge in [-0.2, -0.15) is 5.10 Å². The molecule has 0 amide bonds. The molecule has 2 aromatic rings. The maximum absolute atomic E-state index is 4.56. The predicted octanol–water partition coefficient (Wildman–Crippen LogP) is 4.02. The number of aromatic nitrogens is 2. The van der Waals surface area contributed by atoms with Crippen molar-refractivity contribution in [3.05, 3.63) is 51.3 Å². The van der Waals surface area contributed by atoms with Gasteiger partial charge in [-0.05, 0) is 53.4 Å². The number of aryl methyl sites for hydroxylation is 1. The second kappa shape index (κ2) is 7.23. The number of nitrogens with zero attached hydrogens (tertiary/aromatic N) is 2. The average molecular weight is 350 g/mol. The molecular formula is C17H24BrN3. The third-order valence-corrected chi connectivity index (χ3v) is 5.02. The molecule has 0 aliphatic heterocycles. The Morgan fingerprint density at radius 3 is 2.43 bits per heavy atom. The highest BCUT2D eigenvalue weighted by Crippen LogP contribution is 2.21. The lowest BCUT2D eigenvalue weighted by Crippen LogP contribution is -2.19. The van der Waals surface area contributed by atoms with E-state index in [1.165, 1.54) is 16.8 Å². The molecule has 0 fully saturated rings. The van der Waals surface area contributed by atoms with Gasteiger partial charge in [-0.3, -0.25) is 4.68 Å². The van der Waals surface area contributed by atoms with Crippen LogP contribution in [-0.2, 0) is 6.54 Å². The standard InChI is InChI=1S/C17H24BrN3/c1-5-19-10-12(2)16-8-6-15(7-9-16)11-21-14(4)17(18)13(3)20-21/h6-9,12,19H,5,10-11H2,1-4H3. The Kier molecular flexibility index (Phi) is 5.59. The summed E-state index contributed by atoms with van der Waals surface area (Å²) in [5, 5.41) is 7.96. The van der Waals surface area contributed by atoms with Crippen LogP contribution in [0.3, 0.4) is 0 Å². The van der Waals surface area contributed by atoms with Crippen LogP contribution in [-0.4, -0.2) is 22.9 Å². The summed E-state index contributed by atoms with van der Waals surface area (Å²) in [4.78, 5) is 0. The second-order valence-corrected chi connectivity index (χ2v) is 6.39. The summed E-state index contributed by atoms with van der Waals surface area (Å²) in [6, 6.07) is 8.89. The lowest BCUT2D eigenvalue weighted by atomic mass is 10.00. The van der Waals surface area contributed by atoms with Crippen LogP contribution in [0.5, 0.6) is 0 Å². The van der Waals surface area contributed by atoms with E-state index in [0.717, 1.165) is 29.8 Å². The fourth-order valence-electron chi connectivity index (χ4n) is 2.43. The molecule has 114 valence electrons. The Labute approximate surface area is 135 Å². The van der Waals surface area contributed by atoms with Gasteiger partial charge in [0.25, 0.3) is 0 Å². The molecule has 1 aromatic carbocycles. The van der Waals surface area contributed by atoms with E-state index in [-0.39, 0.29) is 0 Å². The van der Waals surface area contributed by atoms with Crippen LogP contribution < -0.4 is 5.32 Å². The zero-order valence-electron chi connectivity index (χ0n) is 13.3. The highest BCUT2D eigenvalue weighted by Gasteiger charge is 2.09. The van der Waals surface area contributed by atoms with E-state index in [2.05, 4.69) is 76.1 Å². The van der Waals surface area contributed by atoms with Crippen LogP contribution in [0, 0.1) is 13.8 Å². The largest absolute Gasteiger partial charge is 0.316 e. The van der Waals surface area contributed by atoms with Gasteiger partial charge in [0.2, 0.25) is 0 Å². The van der Waals surface area contributed by atoms with Gasteiger partial charge in [-0.15, -0.1) is 0 Å². The first-order chi connectivity index (χ1) is 10.0. The number of hydrogen-bond acceptors (Lipinski definition) is 2. The molecule has 1 heterocycles. The SMILES string of the molecule is CCNCC(C)c1ccc(Cn2nc(C)c(Br)c2C)cc1. The average Bonchev–Trinajstić information content (AvgIpc) is 2.73. The molecule has 0 bridgehead atoms. The number of halogens is 1. The van der Waals surface area contributed by atoms with Crippen LogP contribution in [0.15, 0.2) is 28.7 Å². The number of hydrogen-bond donors (Lipinski definition) is 1. The molecule has 4 heteroatoms. The third-order valence-electron chi connectivity index (χ3n) is 3.87. The summed E-state index contributed by atoms with van der Waals surface area (Å²) in [5.74, 6) is 0.543. The third kappa shape index (κ3) is 3.95. The summed E-state index contributed by atoms with van der Waals surface area (Å²) >= 11 is 3.58. The minimum absolute atomic E-state index is 0.543. The van der Waals surface area contributed by atoms with Crippen LogP contribution >= 0.6 is 15.9 Å². The van der Waals surface area contributed by atoms with E-state index in [9.17, 15) is 0 Å². The number of rotatable bonds is 6. The molecule has 2 rings (SSSR count). The fraction of sp³-hybridized carbons (Fsp3) is 0.471. The molecule has 3 nitrogen and oxygen atoms in total. The summed E-state index contributed by atoms with van der Waals surface area (Å²) in [6.45, 7) is 11.4. The first-order valence-electron chi connectivity index (χ1n) is 7.52. The van der Waals surface area contributed by atoms with Gasteiger partial charge in [-0.25, -0.2) is 0 Å². The minimum atomic E-state index is 0.543. The van der Waals surface area contributed by atoms with E-state index in [4.69, 9.17) is 0 Å². The van der Waals surface area contributed by atoms with E-state index < -0.39 is 0 Å². The van der Waals surface area contributed by atoms with Crippen molar-refractivity contribution >= 4 is 15.9 Å². The molecule has 0 radical (unpaired) electrons. The predicted molar refractivity (Wildman–Crippen MR) is 91.9 cm³/mol. The molecule has 0 saturated heterocycles. The maximum Gasteiger partial charge on any atom is 0.0738 e. The monoisotopic (exact) mass is 349 g/mol. The van der Waals surface area contributed by atoms with Crippen molar-refractivity contribution in [2.75, 3.05) is 13.1 Å². The topological polar surface area (TPSA) is 29.9 Å². The Morgan fingerprint density at radius 2 is 1.90 bits per heavy atom. The molecular weight excluding hydrogens is 326 g/mol. The van der Waals surface area contributed by atoms with E-state index in [1.54, 1.807) is 0 Å². The van der Waals surface area contributed by atoms with Gasteiger partial charge < -0.3 is 5.32 Å². The van der Waals surface area contributed by atoms with Gasteiger partial charge in [0, 0.05) is 6.54 Å². The van der Waals surface area contributed by atoms with E-state index in [1.807, 2.05) is 6.92 Å². The van der Waals surface area contributed by atoms with Gasteiger partial charge in [0.15, 0.2) is 0 Å². The molecule has 1 atom stereocenters. The van der Waals surface area contributed by atoms with Crippen molar-refractivity contribution in [1.82, 2.24) is 15.1 Å². The summed E-state index contributed by atoms with van der Waals surface area (Å²) in [7, 11) is 0. The first kappa shape index (κ1) is 16.2. The smallest absolute Gasteiger partial charge is 0.0738 e. The summed E-state index contributed by atoms with van der Waals surface area (Å²) in [6.07, 6.45) is 0. The Morgan fingerprint density at radius 1 is 1.24 bits per heavy atom. The molecule has 0 saturated carbocycles. The van der Waals surface area contributed by atoms with E-state index >= 15 is 0 Å². The first-order valence-corrected chi connectivity index (χ1v) is 8.31. The number of likely N-dealkylation sites (N-methyl/N-ethyl adjacent to an activating group) is 1. The normalized spacial score (nSPS) is 12.6. The van der Waals surface area contributed by atoms with Crippen molar-refractivity contribution in [2.45, 2.75) is 40.2 Å². The lowest BCUT2D eigenvalue weighted by Gasteiger charge is -2.13. The molecule has 1 aromatic heterocycles. The molecule has 1 unspecified atom stereocenters. The Bertz CT molecular complexity index is 587. The molecule has 21 heavy (non-hydrogen) atoms. The second-order valence-electron chi connectivity index (χ2n) is 5.59. The van der Waals surface area contributed by atoms with Gasteiger partial charge >= 0.3 is 0 Å². The maximum atomic E-state index is 4.56. The highest BCUT2D eigenvalue weighted by molar-refractivity contribution is 9.10. The Hall–Kier alpha value is -1.13. The van der Waals surface area contributed by atoms with Gasteiger partial charge in [0.05, 0.1) is 22.4 Å². The quantitative estimate of drug-likeness (QED) is 0.853. The van der Waals surface area contributed by atoms with Gasteiger partial charge in [0.1, 0.15) is 0 Å². The number of nitrogens with one attached hydrogen (secondary N) is 1. The van der Waals surface area contributed by atoms with Crippen molar-refractivity contribution in [1.29, 1.82) is 0 Å². The van der Waals surface area contributed by atoms with Gasteiger partial charge in [-0.1, -0.05) is 38.1 Å². The molecule has 0 aliphatic carbocycles. The molecule has 1 N–H and O–H groups in total. The summed E-state index contributed by atoms with van der Waals surface area (Å²) in [5.41, 5.74) is 4.89. The Balaban J connectivity index is 2.07. The minimum Gasteiger partial charge on any atom is -0.316 e. The molecule has 0 spiro atoms. The van der Waals surface area contributed by atoms with Crippen molar-refractivity contribution < 1.29 is 0 Å². The van der Waals surface area contributed by atoms with Crippen LogP contribution in [0.25, 0.3) is 0 Å². The zero-order chi connectivity index (χ0) is 15.4.